The first-order chi connectivity index (χ1) is 12.3. The predicted octanol–water partition coefficient (Wildman–Crippen LogP) is 3.89. The average molecular weight is 471 g/mol. The number of halogens is 1. The number of aliphatic imine (C=N–C) groups is 1. The molecule has 2 aromatic rings. The Morgan fingerprint density at radius 3 is 2.69 bits per heavy atom. The summed E-state index contributed by atoms with van der Waals surface area (Å²) in [5.41, 5.74) is 2.24. The second kappa shape index (κ2) is 12.7. The third kappa shape index (κ3) is 7.31. The Hall–Kier alpha value is -1.64. The van der Waals surface area contributed by atoms with Crippen LogP contribution in [0.2, 0.25) is 0 Å². The Bertz CT molecular complexity index is 640. The largest absolute Gasteiger partial charge is 0.359 e. The molecule has 0 saturated carbocycles. The summed E-state index contributed by atoms with van der Waals surface area (Å²) >= 11 is 0. The first kappa shape index (κ1) is 22.4. The van der Waals surface area contributed by atoms with Gasteiger partial charge in [0.2, 0.25) is 0 Å². The second-order valence-electron chi connectivity index (χ2n) is 5.96. The van der Waals surface area contributed by atoms with Gasteiger partial charge in [0.1, 0.15) is 6.54 Å². The number of hydrogen-bond acceptors (Lipinski definition) is 4. The third-order valence-corrected chi connectivity index (χ3v) is 4.15. The van der Waals surface area contributed by atoms with Gasteiger partial charge < -0.3 is 15.2 Å². The summed E-state index contributed by atoms with van der Waals surface area (Å²) in [6, 6.07) is 6.06. The highest BCUT2D eigenvalue weighted by Crippen LogP contribution is 2.22. The number of pyridine rings is 1. The van der Waals surface area contributed by atoms with Crippen molar-refractivity contribution >= 4 is 29.9 Å². The molecular weight excluding hydrogens is 441 g/mol. The van der Waals surface area contributed by atoms with Crippen molar-refractivity contribution < 1.29 is 4.52 Å². The molecule has 2 aromatic heterocycles. The highest BCUT2D eigenvalue weighted by atomic mass is 127. The summed E-state index contributed by atoms with van der Waals surface area (Å²) < 4.78 is 5.43. The van der Waals surface area contributed by atoms with Crippen LogP contribution in [0.5, 0.6) is 0 Å². The van der Waals surface area contributed by atoms with Gasteiger partial charge in [-0.05, 0) is 37.8 Å². The Labute approximate surface area is 173 Å². The van der Waals surface area contributed by atoms with Gasteiger partial charge in [0, 0.05) is 37.5 Å². The number of hydrogen-bond donors (Lipinski definition) is 2. The van der Waals surface area contributed by atoms with Crippen molar-refractivity contribution in [3.63, 3.8) is 0 Å². The lowest BCUT2D eigenvalue weighted by molar-refractivity contribution is 0.372. The van der Waals surface area contributed by atoms with Gasteiger partial charge in [-0.25, -0.2) is 4.99 Å². The summed E-state index contributed by atoms with van der Waals surface area (Å²) in [4.78, 5) is 8.72. The number of rotatable bonds is 9. The van der Waals surface area contributed by atoms with Gasteiger partial charge in [-0.1, -0.05) is 25.1 Å². The lowest BCUT2D eigenvalue weighted by atomic mass is 9.99. The van der Waals surface area contributed by atoms with E-state index in [4.69, 9.17) is 4.52 Å². The Morgan fingerprint density at radius 1 is 1.23 bits per heavy atom. The fourth-order valence-electron chi connectivity index (χ4n) is 2.67. The van der Waals surface area contributed by atoms with E-state index in [2.05, 4.69) is 52.6 Å². The van der Waals surface area contributed by atoms with Gasteiger partial charge >= 0.3 is 0 Å². The van der Waals surface area contributed by atoms with E-state index in [9.17, 15) is 0 Å². The molecule has 0 atom stereocenters. The predicted molar refractivity (Wildman–Crippen MR) is 116 cm³/mol. The minimum atomic E-state index is 0. The molecule has 0 amide bonds. The molecule has 2 rings (SSSR count). The molecule has 0 aliphatic heterocycles. The summed E-state index contributed by atoms with van der Waals surface area (Å²) in [6.45, 7) is 8.50. The molecule has 0 spiro atoms. The highest BCUT2D eigenvalue weighted by Gasteiger charge is 2.12. The Kier molecular flexibility index (Phi) is 10.9. The molecule has 0 aliphatic carbocycles. The van der Waals surface area contributed by atoms with Crippen molar-refractivity contribution in [2.45, 2.75) is 52.5 Å². The minimum absolute atomic E-state index is 0. The smallest absolute Gasteiger partial charge is 0.191 e. The van der Waals surface area contributed by atoms with Crippen LogP contribution in [0.1, 0.15) is 56.5 Å². The van der Waals surface area contributed by atoms with Crippen molar-refractivity contribution in [3.05, 3.63) is 47.6 Å². The first-order valence-corrected chi connectivity index (χ1v) is 9.13. The Balaban J connectivity index is 0.00000338. The quantitative estimate of drug-likeness (QED) is 0.330. The zero-order chi connectivity index (χ0) is 17.9. The molecule has 26 heavy (non-hydrogen) atoms. The van der Waals surface area contributed by atoms with Crippen molar-refractivity contribution in [2.24, 2.45) is 4.99 Å². The van der Waals surface area contributed by atoms with Crippen LogP contribution in [-0.2, 0) is 13.0 Å². The van der Waals surface area contributed by atoms with Crippen molar-refractivity contribution in [1.29, 1.82) is 0 Å². The van der Waals surface area contributed by atoms with E-state index < -0.39 is 0 Å². The minimum Gasteiger partial charge on any atom is -0.359 e. The van der Waals surface area contributed by atoms with E-state index in [0.717, 1.165) is 49.8 Å². The number of nitrogens with zero attached hydrogens (tertiary/aromatic N) is 3. The van der Waals surface area contributed by atoms with E-state index in [0.29, 0.717) is 12.5 Å². The molecule has 2 N–H and O–H groups in total. The monoisotopic (exact) mass is 471 g/mol. The van der Waals surface area contributed by atoms with Crippen LogP contribution < -0.4 is 10.6 Å². The maximum atomic E-state index is 5.43. The highest BCUT2D eigenvalue weighted by molar-refractivity contribution is 14.0. The standard InChI is InChI=1S/C19H29N5O.HI/c1-4-16(5-2)18-12-17(25-24-18)14-23-19(21-6-3)22-11-9-15-8-7-10-20-13-15;/h7-8,10,12-13,16H,4-6,9,11,14H2,1-3H3,(H2,21,22,23);1H. The zero-order valence-corrected chi connectivity index (χ0v) is 18.2. The van der Waals surface area contributed by atoms with Crippen molar-refractivity contribution in [1.82, 2.24) is 20.8 Å². The van der Waals surface area contributed by atoms with E-state index in [1.807, 2.05) is 18.3 Å². The van der Waals surface area contributed by atoms with Crippen molar-refractivity contribution in [3.8, 4) is 0 Å². The molecule has 0 bridgehead atoms. The SMILES string of the molecule is CCNC(=NCc1cc(C(CC)CC)no1)NCCc1cccnc1.I. The van der Waals surface area contributed by atoms with Crippen LogP contribution in [0.3, 0.4) is 0 Å². The maximum absolute atomic E-state index is 5.43. The molecule has 7 heteroatoms. The van der Waals surface area contributed by atoms with Crippen molar-refractivity contribution in [2.75, 3.05) is 13.1 Å². The normalized spacial score (nSPS) is 11.3. The van der Waals surface area contributed by atoms with Crippen LogP contribution in [0.15, 0.2) is 40.1 Å². The third-order valence-electron chi connectivity index (χ3n) is 4.15. The molecule has 2 heterocycles. The molecule has 6 nitrogen and oxygen atoms in total. The van der Waals surface area contributed by atoms with Gasteiger partial charge in [0.25, 0.3) is 0 Å². The van der Waals surface area contributed by atoms with Gasteiger partial charge in [-0.2, -0.15) is 0 Å². The van der Waals surface area contributed by atoms with E-state index >= 15 is 0 Å². The molecule has 0 aliphatic rings. The lowest BCUT2D eigenvalue weighted by Crippen LogP contribution is -2.38. The molecule has 0 saturated heterocycles. The first-order valence-electron chi connectivity index (χ1n) is 9.13. The molecule has 0 unspecified atom stereocenters. The second-order valence-corrected chi connectivity index (χ2v) is 5.96. The van der Waals surface area contributed by atoms with Crippen LogP contribution in [0.25, 0.3) is 0 Å². The lowest BCUT2D eigenvalue weighted by Gasteiger charge is -2.10. The molecule has 144 valence electrons. The van der Waals surface area contributed by atoms with Gasteiger partial charge in [0.05, 0.1) is 5.69 Å². The Morgan fingerprint density at radius 2 is 2.04 bits per heavy atom. The van der Waals surface area contributed by atoms with E-state index in [1.165, 1.54) is 5.56 Å². The maximum Gasteiger partial charge on any atom is 0.191 e. The van der Waals surface area contributed by atoms with Gasteiger partial charge in [-0.3, -0.25) is 4.98 Å². The summed E-state index contributed by atoms with van der Waals surface area (Å²) in [7, 11) is 0. The fraction of sp³-hybridized carbons (Fsp3) is 0.526. The summed E-state index contributed by atoms with van der Waals surface area (Å²) in [5.74, 6) is 2.05. The van der Waals surface area contributed by atoms with Crippen LogP contribution in [0, 0.1) is 0 Å². The van der Waals surface area contributed by atoms with E-state index in [1.54, 1.807) is 6.20 Å². The van der Waals surface area contributed by atoms with Gasteiger partial charge in [-0.15, -0.1) is 24.0 Å². The molecule has 0 aromatic carbocycles. The summed E-state index contributed by atoms with van der Waals surface area (Å²) in [6.07, 6.45) is 6.73. The average Bonchev–Trinajstić information content (AvgIpc) is 3.10. The molecule has 0 fully saturated rings. The molecule has 0 radical (unpaired) electrons. The number of guanidine groups is 1. The van der Waals surface area contributed by atoms with E-state index in [-0.39, 0.29) is 24.0 Å². The van der Waals surface area contributed by atoms with Crippen LogP contribution in [-0.4, -0.2) is 29.2 Å². The summed E-state index contributed by atoms with van der Waals surface area (Å²) in [5, 5.41) is 10.8. The number of aromatic nitrogens is 2. The van der Waals surface area contributed by atoms with Gasteiger partial charge in [0.15, 0.2) is 11.7 Å². The van der Waals surface area contributed by atoms with Crippen LogP contribution >= 0.6 is 24.0 Å². The zero-order valence-electron chi connectivity index (χ0n) is 15.9. The van der Waals surface area contributed by atoms with Crippen LogP contribution in [0.4, 0.5) is 0 Å². The fourth-order valence-corrected chi connectivity index (χ4v) is 2.67. The number of nitrogens with one attached hydrogen (secondary N) is 2. The molecular formula is C19H30IN5O. The topological polar surface area (TPSA) is 75.3 Å².